The van der Waals surface area contributed by atoms with Gasteiger partial charge in [-0.1, -0.05) is 6.07 Å². The van der Waals surface area contributed by atoms with Gasteiger partial charge in [0.05, 0.1) is 19.8 Å². The summed E-state index contributed by atoms with van der Waals surface area (Å²) in [5.74, 6) is 0.739. The van der Waals surface area contributed by atoms with E-state index in [1.54, 1.807) is 18.2 Å². The first-order chi connectivity index (χ1) is 7.74. The average Bonchev–Trinajstić information content (AvgIpc) is 2.34. The van der Waals surface area contributed by atoms with Crippen molar-refractivity contribution in [3.05, 3.63) is 23.8 Å². The second-order valence-corrected chi connectivity index (χ2v) is 3.09. The minimum Gasteiger partial charge on any atom is -0.493 e. The molecule has 0 aromatic heterocycles. The molecule has 0 aliphatic rings. The fraction of sp³-hybridized carbons (Fsp3) is 0.364. The van der Waals surface area contributed by atoms with E-state index in [0.29, 0.717) is 30.2 Å². The van der Waals surface area contributed by atoms with Gasteiger partial charge in [0.2, 0.25) is 0 Å². The molecule has 1 aromatic carbocycles. The van der Waals surface area contributed by atoms with Gasteiger partial charge in [0.1, 0.15) is 0 Å². The van der Waals surface area contributed by atoms with Crippen molar-refractivity contribution in [3.63, 3.8) is 0 Å². The number of hydrogen-bond acceptors (Lipinski definition) is 4. The third-order valence-electron chi connectivity index (χ3n) is 2.08. The molecule has 0 saturated heterocycles. The Morgan fingerprint density at radius 1 is 1.35 bits per heavy atom. The number of carbonyl (C=O) groups excluding carboxylic acids is 1. The second-order valence-electron chi connectivity index (χ2n) is 3.09. The van der Waals surface area contributed by atoms with Crippen LogP contribution in [0, 0.1) is 0 Å². The van der Waals surface area contributed by atoms with Gasteiger partial charge >= 0.3 is 0 Å². The summed E-state index contributed by atoms with van der Waals surface area (Å²) < 4.78 is 10.3. The summed E-state index contributed by atoms with van der Waals surface area (Å²) in [6.45, 7) is 0.831. The molecule has 0 aliphatic heterocycles. The van der Waals surface area contributed by atoms with E-state index < -0.39 is 0 Å². The number of benzene rings is 1. The first-order valence-electron chi connectivity index (χ1n) is 4.93. The molecular formula is C11H17ClN2O3. The molecule has 3 N–H and O–H groups in total. The highest BCUT2D eigenvalue weighted by molar-refractivity contribution is 5.97. The lowest BCUT2D eigenvalue weighted by molar-refractivity contribution is 0.0951. The molecule has 0 spiro atoms. The van der Waals surface area contributed by atoms with Crippen LogP contribution in [0.4, 0.5) is 0 Å². The Morgan fingerprint density at radius 3 is 2.59 bits per heavy atom. The maximum absolute atomic E-state index is 11.7. The molecule has 17 heavy (non-hydrogen) atoms. The van der Waals surface area contributed by atoms with Gasteiger partial charge in [0.25, 0.3) is 5.91 Å². The number of para-hydroxylation sites is 1. The lowest BCUT2D eigenvalue weighted by atomic mass is 10.1. The lowest BCUT2D eigenvalue weighted by Crippen LogP contribution is -2.29. The van der Waals surface area contributed by atoms with Gasteiger partial charge in [-0.2, -0.15) is 0 Å². The third kappa shape index (κ3) is 3.80. The molecule has 96 valence electrons. The van der Waals surface area contributed by atoms with Crippen LogP contribution in [0.2, 0.25) is 0 Å². The molecule has 6 heteroatoms. The zero-order valence-electron chi connectivity index (χ0n) is 9.86. The first-order valence-corrected chi connectivity index (χ1v) is 4.93. The number of nitrogens with one attached hydrogen (secondary N) is 1. The lowest BCUT2D eigenvalue weighted by Gasteiger charge is -2.12. The van der Waals surface area contributed by atoms with Gasteiger partial charge in [0, 0.05) is 13.1 Å². The summed E-state index contributed by atoms with van der Waals surface area (Å²) in [7, 11) is 3.02. The van der Waals surface area contributed by atoms with Crippen molar-refractivity contribution in [3.8, 4) is 11.5 Å². The molecule has 0 heterocycles. The molecule has 5 nitrogen and oxygen atoms in total. The van der Waals surface area contributed by atoms with Crippen LogP contribution in [0.15, 0.2) is 18.2 Å². The largest absolute Gasteiger partial charge is 0.493 e. The van der Waals surface area contributed by atoms with Gasteiger partial charge in [0.15, 0.2) is 11.5 Å². The minimum atomic E-state index is -0.221. The maximum atomic E-state index is 11.7. The highest BCUT2D eigenvalue weighted by atomic mass is 35.5. The molecular weight excluding hydrogens is 244 g/mol. The second kappa shape index (κ2) is 7.76. The summed E-state index contributed by atoms with van der Waals surface area (Å²) >= 11 is 0. The molecule has 1 aromatic rings. The van der Waals surface area contributed by atoms with Crippen LogP contribution < -0.4 is 20.5 Å². The van der Waals surface area contributed by atoms with E-state index in [0.717, 1.165) is 0 Å². The van der Waals surface area contributed by atoms with Crippen LogP contribution in [-0.2, 0) is 0 Å². The van der Waals surface area contributed by atoms with Crippen molar-refractivity contribution in [1.82, 2.24) is 5.32 Å². The topological polar surface area (TPSA) is 73.6 Å². The number of halogens is 1. The Hall–Kier alpha value is -1.46. The normalized spacial score (nSPS) is 9.12. The smallest absolute Gasteiger partial charge is 0.255 e. The summed E-state index contributed by atoms with van der Waals surface area (Å²) in [6.07, 6.45) is 0. The minimum absolute atomic E-state index is 0. The molecule has 0 aliphatic carbocycles. The third-order valence-corrected chi connectivity index (χ3v) is 2.08. The van der Waals surface area contributed by atoms with Crippen molar-refractivity contribution in [2.45, 2.75) is 0 Å². The summed E-state index contributed by atoms with van der Waals surface area (Å²) in [6, 6.07) is 5.14. The zero-order valence-corrected chi connectivity index (χ0v) is 10.7. The number of hydrogen-bond donors (Lipinski definition) is 2. The number of methoxy groups -OCH3 is 2. The van der Waals surface area contributed by atoms with Crippen LogP contribution in [0.5, 0.6) is 11.5 Å². The maximum Gasteiger partial charge on any atom is 0.255 e. The number of nitrogens with two attached hydrogens (primary N) is 1. The monoisotopic (exact) mass is 260 g/mol. The van der Waals surface area contributed by atoms with E-state index in [4.69, 9.17) is 15.2 Å². The fourth-order valence-corrected chi connectivity index (χ4v) is 1.35. The van der Waals surface area contributed by atoms with E-state index in [9.17, 15) is 4.79 Å². The van der Waals surface area contributed by atoms with E-state index in [2.05, 4.69) is 5.32 Å². The van der Waals surface area contributed by atoms with Crippen molar-refractivity contribution in [1.29, 1.82) is 0 Å². The van der Waals surface area contributed by atoms with Crippen molar-refractivity contribution < 1.29 is 14.3 Å². The summed E-state index contributed by atoms with van der Waals surface area (Å²) in [5.41, 5.74) is 5.75. The number of ether oxygens (including phenoxy) is 2. The summed E-state index contributed by atoms with van der Waals surface area (Å²) in [5, 5.41) is 2.68. The molecule has 0 fully saturated rings. The number of carbonyl (C=O) groups is 1. The summed E-state index contributed by atoms with van der Waals surface area (Å²) in [4.78, 5) is 11.7. The Labute approximate surface area is 107 Å². The molecule has 0 atom stereocenters. The molecule has 0 radical (unpaired) electrons. The predicted octanol–water partition coefficient (Wildman–Crippen LogP) is 0.814. The number of rotatable bonds is 5. The van der Waals surface area contributed by atoms with Crippen LogP contribution in [-0.4, -0.2) is 33.2 Å². The van der Waals surface area contributed by atoms with E-state index in [1.807, 2.05) is 0 Å². The van der Waals surface area contributed by atoms with Crippen molar-refractivity contribution in [2.24, 2.45) is 5.73 Å². The average molecular weight is 261 g/mol. The molecule has 1 rings (SSSR count). The van der Waals surface area contributed by atoms with Crippen LogP contribution in [0.1, 0.15) is 10.4 Å². The number of amides is 1. The van der Waals surface area contributed by atoms with Gasteiger partial charge in [-0.25, -0.2) is 0 Å². The van der Waals surface area contributed by atoms with Gasteiger partial charge in [-0.3, -0.25) is 4.79 Å². The first kappa shape index (κ1) is 15.5. The van der Waals surface area contributed by atoms with Crippen LogP contribution in [0.25, 0.3) is 0 Å². The van der Waals surface area contributed by atoms with Crippen LogP contribution in [0.3, 0.4) is 0 Å². The molecule has 0 bridgehead atoms. The zero-order chi connectivity index (χ0) is 12.0. The molecule has 0 saturated carbocycles. The van der Waals surface area contributed by atoms with Gasteiger partial charge < -0.3 is 20.5 Å². The Balaban J connectivity index is 0.00000256. The molecule has 0 unspecified atom stereocenters. The Bertz CT molecular complexity index is 372. The van der Waals surface area contributed by atoms with E-state index >= 15 is 0 Å². The van der Waals surface area contributed by atoms with E-state index in [1.165, 1.54) is 14.2 Å². The SMILES string of the molecule is COc1cccc(C(=O)NCCN)c1OC.Cl. The van der Waals surface area contributed by atoms with Crippen molar-refractivity contribution in [2.75, 3.05) is 27.3 Å². The Morgan fingerprint density at radius 2 is 2.06 bits per heavy atom. The van der Waals surface area contributed by atoms with Crippen molar-refractivity contribution >= 4 is 18.3 Å². The predicted molar refractivity (Wildman–Crippen MR) is 68.2 cm³/mol. The highest BCUT2D eigenvalue weighted by Crippen LogP contribution is 2.30. The van der Waals surface area contributed by atoms with Gasteiger partial charge in [-0.05, 0) is 12.1 Å². The Kier molecular flexibility index (Phi) is 7.09. The quantitative estimate of drug-likeness (QED) is 0.822. The van der Waals surface area contributed by atoms with Gasteiger partial charge in [-0.15, -0.1) is 12.4 Å². The standard InChI is InChI=1S/C11H16N2O3.ClH/c1-15-9-5-3-4-8(10(9)16-2)11(14)13-7-6-12;/h3-5H,6-7,12H2,1-2H3,(H,13,14);1H. The highest BCUT2D eigenvalue weighted by Gasteiger charge is 2.15. The van der Waals surface area contributed by atoms with Crippen LogP contribution >= 0.6 is 12.4 Å². The molecule has 1 amide bonds. The van der Waals surface area contributed by atoms with E-state index in [-0.39, 0.29) is 18.3 Å². The fourth-order valence-electron chi connectivity index (χ4n) is 1.35.